The van der Waals surface area contributed by atoms with Gasteiger partial charge in [-0.05, 0) is 35.9 Å². The van der Waals surface area contributed by atoms with Crippen LogP contribution in [-0.4, -0.2) is 59.5 Å². The van der Waals surface area contributed by atoms with Crippen LogP contribution in [-0.2, 0) is 28.9 Å². The van der Waals surface area contributed by atoms with Crippen molar-refractivity contribution >= 4 is 72.1 Å². The van der Waals surface area contributed by atoms with Gasteiger partial charge in [0, 0.05) is 46.2 Å². The number of thiazole rings is 2. The number of amides is 2. The molecular weight excluding hydrogens is 889 g/mol. The molecule has 0 spiro atoms. The Hall–Kier alpha value is -5.86. The fourth-order valence-corrected chi connectivity index (χ4v) is 7.18. The highest BCUT2D eigenvalue weighted by atomic mass is 79.9. The van der Waals surface area contributed by atoms with Crippen molar-refractivity contribution in [3.05, 3.63) is 146 Å². The molecule has 2 aromatic heterocycles. The van der Waals surface area contributed by atoms with Gasteiger partial charge in [-0.15, -0.1) is 11.3 Å². The summed E-state index contributed by atoms with van der Waals surface area (Å²) >= 11 is 5.66. The zero-order chi connectivity index (χ0) is 42.5. The predicted octanol–water partition coefficient (Wildman–Crippen LogP) is 8.78. The number of ether oxygens (including phenoxy) is 2. The minimum Gasteiger partial charge on any atom is -0.489 e. The number of carbonyl (C=O) groups excluding carboxylic acids is 2. The van der Waals surface area contributed by atoms with E-state index in [0.29, 0.717) is 41.8 Å². The van der Waals surface area contributed by atoms with Gasteiger partial charge in [0.25, 0.3) is 11.8 Å². The molecule has 4 aromatic carbocycles. The van der Waals surface area contributed by atoms with Gasteiger partial charge in [0.05, 0.1) is 36.4 Å². The van der Waals surface area contributed by atoms with Crippen LogP contribution in [0.15, 0.2) is 118 Å². The molecule has 2 heterocycles. The summed E-state index contributed by atoms with van der Waals surface area (Å²) in [4.78, 5) is 35.2. The largest absolute Gasteiger partial charge is 0.489 e. The maximum Gasteiger partial charge on any atom is 0.419 e. The second kappa shape index (κ2) is 20.9. The molecule has 5 N–H and O–H groups in total. The number of carbonyl (C=O) groups is 2. The highest BCUT2D eigenvalue weighted by Gasteiger charge is 2.34. The van der Waals surface area contributed by atoms with E-state index >= 15 is 0 Å². The Kier molecular flexibility index (Phi) is 15.2. The normalized spacial score (nSPS) is 11.6. The van der Waals surface area contributed by atoms with Crippen molar-refractivity contribution in [2.75, 3.05) is 37.0 Å². The number of hydrogen-bond acceptors (Lipinski definition) is 12. The lowest BCUT2D eigenvalue weighted by Crippen LogP contribution is -2.31. The Morgan fingerprint density at radius 3 is 2.43 bits per heavy atom. The molecule has 310 valence electrons. The molecule has 19 heteroatoms. The molecule has 0 atom stereocenters. The van der Waals surface area contributed by atoms with Crippen LogP contribution in [0.1, 0.15) is 31.9 Å². The fraction of sp³-hybridized carbons (Fsp3) is 0.171. The number of aromatic nitrogens is 2. The van der Waals surface area contributed by atoms with Crippen molar-refractivity contribution in [3.63, 3.8) is 0 Å². The molecule has 2 amide bonds. The van der Waals surface area contributed by atoms with Gasteiger partial charge in [0.15, 0.2) is 10.8 Å². The van der Waals surface area contributed by atoms with E-state index in [1.165, 1.54) is 23.6 Å². The summed E-state index contributed by atoms with van der Waals surface area (Å²) in [5.41, 5.74) is 3.97. The van der Waals surface area contributed by atoms with Gasteiger partial charge in [0.1, 0.15) is 23.1 Å². The van der Waals surface area contributed by atoms with Crippen LogP contribution in [0.2, 0.25) is 0 Å². The number of nitrogens with one attached hydrogen (secondary N) is 5. The number of hydrazone groups is 1. The van der Waals surface area contributed by atoms with Crippen LogP contribution < -0.4 is 26.1 Å². The van der Waals surface area contributed by atoms with Crippen LogP contribution in [0, 0.1) is 11.2 Å². The van der Waals surface area contributed by atoms with E-state index in [1.807, 2.05) is 41.8 Å². The van der Waals surface area contributed by atoms with Gasteiger partial charge in [-0.1, -0.05) is 94.0 Å². The van der Waals surface area contributed by atoms with Crippen molar-refractivity contribution in [2.45, 2.75) is 19.3 Å². The predicted molar refractivity (Wildman–Crippen MR) is 227 cm³/mol. The molecule has 0 unspecified atom stereocenters. The number of alkyl halides is 3. The summed E-state index contributed by atoms with van der Waals surface area (Å²) < 4.78 is 65.3. The second-order valence-electron chi connectivity index (χ2n) is 12.6. The second-order valence-corrected chi connectivity index (χ2v) is 15.4. The van der Waals surface area contributed by atoms with E-state index in [2.05, 4.69) is 52.4 Å². The van der Waals surface area contributed by atoms with Gasteiger partial charge in [-0.3, -0.25) is 25.7 Å². The third kappa shape index (κ3) is 12.3. The first-order valence-electron chi connectivity index (χ1n) is 18.0. The Morgan fingerprint density at radius 2 is 1.67 bits per heavy atom. The Morgan fingerprint density at radius 1 is 0.917 bits per heavy atom. The monoisotopic (exact) mass is 922 g/mol. The van der Waals surface area contributed by atoms with Gasteiger partial charge < -0.3 is 20.1 Å². The average Bonchev–Trinajstić information content (AvgIpc) is 3.92. The molecule has 0 aliphatic heterocycles. The molecule has 0 saturated carbocycles. The molecular formula is C41H35BrF4N8O4S2. The van der Waals surface area contributed by atoms with Gasteiger partial charge in [-0.25, -0.2) is 14.4 Å². The first kappa shape index (κ1) is 43.7. The summed E-state index contributed by atoms with van der Waals surface area (Å²) in [6.45, 7) is 1.35. The first-order chi connectivity index (χ1) is 28.9. The molecule has 0 aliphatic carbocycles. The zero-order valence-electron chi connectivity index (χ0n) is 31.3. The Labute approximate surface area is 357 Å². The van der Waals surface area contributed by atoms with Crippen LogP contribution in [0.5, 0.6) is 5.75 Å². The molecule has 6 rings (SSSR count). The number of anilines is 2. The molecule has 6 aromatic rings. The highest BCUT2D eigenvalue weighted by Crippen LogP contribution is 2.32. The highest BCUT2D eigenvalue weighted by molar-refractivity contribution is 9.10. The minimum absolute atomic E-state index is 0.135. The fourth-order valence-electron chi connectivity index (χ4n) is 5.39. The third-order valence-corrected chi connectivity index (χ3v) is 10.5. The number of rotatable bonds is 19. The lowest BCUT2D eigenvalue weighted by molar-refractivity contribution is -0.140. The number of halogens is 5. The smallest absolute Gasteiger partial charge is 0.419 e. The van der Waals surface area contributed by atoms with E-state index in [0.717, 1.165) is 39.1 Å². The van der Waals surface area contributed by atoms with Crippen molar-refractivity contribution in [1.82, 2.24) is 20.6 Å². The van der Waals surface area contributed by atoms with Crippen molar-refractivity contribution < 1.29 is 36.6 Å². The molecule has 60 heavy (non-hydrogen) atoms. The summed E-state index contributed by atoms with van der Waals surface area (Å²) in [6.07, 6.45) is -3.45. The molecule has 12 nitrogen and oxygen atoms in total. The van der Waals surface area contributed by atoms with E-state index in [1.54, 1.807) is 42.5 Å². The molecule has 0 bridgehead atoms. The number of hydrogen-bond donors (Lipinski definition) is 5. The molecule has 0 fully saturated rings. The molecule has 0 radical (unpaired) electrons. The van der Waals surface area contributed by atoms with Gasteiger partial charge in [0.2, 0.25) is 5.13 Å². The van der Waals surface area contributed by atoms with E-state index < -0.39 is 29.4 Å². The molecule has 0 aliphatic rings. The standard InChI is InChI=1S/C41H35BrF4N8O4S2/c42-29-12-14-33(58-23-25-11-13-31(43)30(19-25)41(44,45)46)28(20-29)21-48-15-17-57-18-16-49-37(55)34-22-50-39(60-34)54-53-36(35(47)27-9-5-2-6-10-27)38(56)52-40-51-32(24-59-40)26-7-3-1-4-8-26/h1-14,19-20,22,24,47-48H,15-18,21,23H2,(H,49,55)(H,50,54)(H,51,52,56)/b47-35?,53-36+. The zero-order valence-corrected chi connectivity index (χ0v) is 34.5. The van der Waals surface area contributed by atoms with Gasteiger partial charge in [-0.2, -0.15) is 18.3 Å². The maximum atomic E-state index is 13.7. The Bertz CT molecular complexity index is 2450. The summed E-state index contributed by atoms with van der Waals surface area (Å²) in [7, 11) is 0. The summed E-state index contributed by atoms with van der Waals surface area (Å²) in [5, 5.41) is 24.1. The minimum atomic E-state index is -4.82. The average molecular weight is 924 g/mol. The van der Waals surface area contributed by atoms with Crippen LogP contribution in [0.25, 0.3) is 11.3 Å². The van der Waals surface area contributed by atoms with Crippen LogP contribution >= 0.6 is 38.6 Å². The van der Waals surface area contributed by atoms with Crippen LogP contribution in [0.3, 0.4) is 0 Å². The summed E-state index contributed by atoms with van der Waals surface area (Å²) in [6, 6.07) is 26.2. The number of nitrogens with zero attached hydrogens (tertiary/aromatic N) is 3. The Balaban J connectivity index is 0.945. The SMILES string of the molecule is N=C(/C(=N\Nc1ncc(C(=O)NCCOCCNCc2cc(Br)ccc2OCc2ccc(F)c(C(F)(F)F)c2)s1)C(=O)Nc1nc(-c2ccccc2)cs1)c1ccccc1. The summed E-state index contributed by atoms with van der Waals surface area (Å²) in [5.74, 6) is -1.95. The van der Waals surface area contributed by atoms with Gasteiger partial charge >= 0.3 is 6.18 Å². The van der Waals surface area contributed by atoms with Crippen molar-refractivity contribution in [1.29, 1.82) is 5.41 Å². The van der Waals surface area contributed by atoms with Crippen molar-refractivity contribution in [2.24, 2.45) is 5.10 Å². The quantitative estimate of drug-likeness (QED) is 0.0233. The lowest BCUT2D eigenvalue weighted by Gasteiger charge is -2.14. The first-order valence-corrected chi connectivity index (χ1v) is 20.5. The van der Waals surface area contributed by atoms with Crippen molar-refractivity contribution in [3.8, 4) is 17.0 Å². The van der Waals surface area contributed by atoms with Crippen LogP contribution in [0.4, 0.5) is 27.8 Å². The maximum absolute atomic E-state index is 13.7. The lowest BCUT2D eigenvalue weighted by atomic mass is 10.1. The van der Waals surface area contributed by atoms with E-state index in [9.17, 15) is 27.2 Å². The van der Waals surface area contributed by atoms with E-state index in [4.69, 9.17) is 14.9 Å². The molecule has 0 saturated heterocycles. The third-order valence-electron chi connectivity index (χ3n) is 8.33. The van der Waals surface area contributed by atoms with E-state index in [-0.39, 0.29) is 46.8 Å². The number of benzene rings is 4. The topological polar surface area (TPSA) is 163 Å².